The second kappa shape index (κ2) is 5.22. The second-order valence-electron chi connectivity index (χ2n) is 5.82. The molecule has 1 heteroatoms. The van der Waals surface area contributed by atoms with E-state index >= 15 is 0 Å². The van der Waals surface area contributed by atoms with E-state index in [1.54, 1.807) is 0 Å². The summed E-state index contributed by atoms with van der Waals surface area (Å²) >= 11 is 0. The molecule has 1 fully saturated rings. The van der Waals surface area contributed by atoms with Crippen LogP contribution < -0.4 is 5.32 Å². The molecule has 0 amide bonds. The van der Waals surface area contributed by atoms with Gasteiger partial charge in [-0.3, -0.25) is 0 Å². The summed E-state index contributed by atoms with van der Waals surface area (Å²) in [4.78, 5) is 0. The molecule has 1 nitrogen and oxygen atoms in total. The molecular formula is C16H25N. The molecule has 1 aliphatic rings. The van der Waals surface area contributed by atoms with E-state index in [1.807, 2.05) is 0 Å². The molecule has 1 unspecified atom stereocenters. The van der Waals surface area contributed by atoms with E-state index in [0.29, 0.717) is 6.04 Å². The second-order valence-corrected chi connectivity index (χ2v) is 5.82. The monoisotopic (exact) mass is 231 g/mol. The zero-order valence-corrected chi connectivity index (χ0v) is 11.6. The van der Waals surface area contributed by atoms with Gasteiger partial charge in [0.25, 0.3) is 0 Å². The first-order valence-electron chi connectivity index (χ1n) is 6.86. The van der Waals surface area contributed by atoms with E-state index in [2.05, 4.69) is 45.1 Å². The molecule has 0 heterocycles. The maximum atomic E-state index is 3.66. The van der Waals surface area contributed by atoms with Crippen LogP contribution in [0, 0.1) is 26.7 Å². The van der Waals surface area contributed by atoms with Crippen molar-refractivity contribution in [2.24, 2.45) is 5.92 Å². The zero-order valence-electron chi connectivity index (χ0n) is 11.6. The van der Waals surface area contributed by atoms with Crippen LogP contribution in [-0.2, 0) is 6.54 Å². The van der Waals surface area contributed by atoms with Crippen LogP contribution in [0.4, 0.5) is 0 Å². The molecule has 0 radical (unpaired) electrons. The largest absolute Gasteiger partial charge is 0.310 e. The van der Waals surface area contributed by atoms with Gasteiger partial charge in [0.15, 0.2) is 0 Å². The molecule has 0 saturated heterocycles. The molecule has 0 aromatic heterocycles. The summed E-state index contributed by atoms with van der Waals surface area (Å²) in [5, 5.41) is 3.66. The van der Waals surface area contributed by atoms with Crippen LogP contribution in [0.5, 0.6) is 0 Å². The summed E-state index contributed by atoms with van der Waals surface area (Å²) in [5.41, 5.74) is 5.68. The van der Waals surface area contributed by atoms with E-state index in [4.69, 9.17) is 0 Å². The van der Waals surface area contributed by atoms with Gasteiger partial charge in [0.2, 0.25) is 0 Å². The molecule has 1 aromatic rings. The topological polar surface area (TPSA) is 12.0 Å². The van der Waals surface area contributed by atoms with Crippen LogP contribution in [-0.4, -0.2) is 6.04 Å². The zero-order chi connectivity index (χ0) is 12.4. The molecule has 1 N–H and O–H groups in total. The van der Waals surface area contributed by atoms with Crippen LogP contribution in [0.15, 0.2) is 12.1 Å². The van der Waals surface area contributed by atoms with E-state index in [9.17, 15) is 0 Å². The van der Waals surface area contributed by atoms with Crippen molar-refractivity contribution >= 4 is 0 Å². The molecule has 0 bridgehead atoms. The first-order valence-corrected chi connectivity index (χ1v) is 6.86. The fraction of sp³-hybridized carbons (Fsp3) is 0.625. The van der Waals surface area contributed by atoms with Crippen LogP contribution in [0.3, 0.4) is 0 Å². The van der Waals surface area contributed by atoms with Gasteiger partial charge in [-0.25, -0.2) is 0 Å². The van der Waals surface area contributed by atoms with Crippen LogP contribution >= 0.6 is 0 Å². The molecule has 0 spiro atoms. The van der Waals surface area contributed by atoms with Gasteiger partial charge < -0.3 is 5.32 Å². The SMILES string of the molecule is Cc1cc(C)c(CNC(C)CC2CC2)cc1C. The number of aryl methyl sites for hydroxylation is 3. The Morgan fingerprint density at radius 1 is 1.12 bits per heavy atom. The average molecular weight is 231 g/mol. The molecule has 1 atom stereocenters. The number of hydrogen-bond donors (Lipinski definition) is 1. The fourth-order valence-corrected chi connectivity index (χ4v) is 2.43. The summed E-state index contributed by atoms with van der Waals surface area (Å²) in [6.07, 6.45) is 4.26. The Bertz CT molecular complexity index is 391. The van der Waals surface area contributed by atoms with Gasteiger partial charge in [-0.05, 0) is 62.3 Å². The maximum absolute atomic E-state index is 3.66. The third-order valence-electron chi connectivity index (χ3n) is 3.98. The van der Waals surface area contributed by atoms with Gasteiger partial charge in [0.05, 0.1) is 0 Å². The Balaban J connectivity index is 1.91. The third-order valence-corrected chi connectivity index (χ3v) is 3.98. The van der Waals surface area contributed by atoms with Crippen LogP contribution in [0.1, 0.15) is 48.4 Å². The van der Waals surface area contributed by atoms with Gasteiger partial charge in [-0.1, -0.05) is 25.0 Å². The van der Waals surface area contributed by atoms with Crippen molar-refractivity contribution in [3.05, 3.63) is 34.4 Å². The molecule has 94 valence electrons. The minimum Gasteiger partial charge on any atom is -0.310 e. The van der Waals surface area contributed by atoms with Crippen molar-refractivity contribution in [2.45, 2.75) is 59.5 Å². The smallest absolute Gasteiger partial charge is 0.0210 e. The number of hydrogen-bond acceptors (Lipinski definition) is 1. The minimum atomic E-state index is 0.656. The summed E-state index contributed by atoms with van der Waals surface area (Å²) in [6, 6.07) is 5.29. The maximum Gasteiger partial charge on any atom is 0.0210 e. The van der Waals surface area contributed by atoms with E-state index in [1.165, 1.54) is 41.5 Å². The highest BCUT2D eigenvalue weighted by molar-refractivity contribution is 5.36. The molecule has 1 aromatic carbocycles. The average Bonchev–Trinajstić information content (AvgIpc) is 3.05. The lowest BCUT2D eigenvalue weighted by molar-refractivity contribution is 0.487. The third kappa shape index (κ3) is 3.57. The molecule has 17 heavy (non-hydrogen) atoms. The summed E-state index contributed by atoms with van der Waals surface area (Å²) in [6.45, 7) is 9.94. The van der Waals surface area contributed by atoms with E-state index in [-0.39, 0.29) is 0 Å². The molecule has 1 aliphatic carbocycles. The van der Waals surface area contributed by atoms with Gasteiger partial charge in [0, 0.05) is 12.6 Å². The molecule has 0 aliphatic heterocycles. The van der Waals surface area contributed by atoms with E-state index < -0.39 is 0 Å². The van der Waals surface area contributed by atoms with Gasteiger partial charge in [-0.15, -0.1) is 0 Å². The highest BCUT2D eigenvalue weighted by Gasteiger charge is 2.23. The summed E-state index contributed by atoms with van der Waals surface area (Å²) in [5.74, 6) is 1.01. The van der Waals surface area contributed by atoms with Crippen LogP contribution in [0.2, 0.25) is 0 Å². The number of benzene rings is 1. The van der Waals surface area contributed by atoms with Crippen molar-refractivity contribution in [1.82, 2.24) is 5.32 Å². The highest BCUT2D eigenvalue weighted by atomic mass is 14.9. The Hall–Kier alpha value is -0.820. The van der Waals surface area contributed by atoms with Crippen molar-refractivity contribution < 1.29 is 0 Å². The molecule has 2 rings (SSSR count). The fourth-order valence-electron chi connectivity index (χ4n) is 2.43. The van der Waals surface area contributed by atoms with Crippen LogP contribution in [0.25, 0.3) is 0 Å². The lowest BCUT2D eigenvalue weighted by Gasteiger charge is -2.15. The number of rotatable bonds is 5. The quantitative estimate of drug-likeness (QED) is 0.810. The molecule has 1 saturated carbocycles. The van der Waals surface area contributed by atoms with Crippen molar-refractivity contribution in [1.29, 1.82) is 0 Å². The normalized spacial score (nSPS) is 17.2. The lowest BCUT2D eigenvalue weighted by Crippen LogP contribution is -2.26. The van der Waals surface area contributed by atoms with Crippen molar-refractivity contribution in [3.63, 3.8) is 0 Å². The first-order chi connectivity index (χ1) is 8.06. The highest BCUT2D eigenvalue weighted by Crippen LogP contribution is 2.33. The summed E-state index contributed by atoms with van der Waals surface area (Å²) < 4.78 is 0. The van der Waals surface area contributed by atoms with Gasteiger partial charge in [-0.2, -0.15) is 0 Å². The summed E-state index contributed by atoms with van der Waals surface area (Å²) in [7, 11) is 0. The molecular weight excluding hydrogens is 206 g/mol. The Kier molecular flexibility index (Phi) is 3.88. The predicted molar refractivity (Wildman–Crippen MR) is 74.3 cm³/mol. The van der Waals surface area contributed by atoms with E-state index in [0.717, 1.165) is 12.5 Å². The Morgan fingerprint density at radius 3 is 2.41 bits per heavy atom. The Morgan fingerprint density at radius 2 is 1.76 bits per heavy atom. The van der Waals surface area contributed by atoms with Crippen molar-refractivity contribution in [2.75, 3.05) is 0 Å². The first kappa shape index (κ1) is 12.6. The van der Waals surface area contributed by atoms with Crippen molar-refractivity contribution in [3.8, 4) is 0 Å². The number of nitrogens with one attached hydrogen (secondary N) is 1. The van der Waals surface area contributed by atoms with Gasteiger partial charge in [0.1, 0.15) is 0 Å². The predicted octanol–water partition coefficient (Wildman–Crippen LogP) is 3.89. The lowest BCUT2D eigenvalue weighted by atomic mass is 10.0. The van der Waals surface area contributed by atoms with Gasteiger partial charge >= 0.3 is 0 Å². The minimum absolute atomic E-state index is 0.656. The standard InChI is InChI=1S/C16H25N/c1-11-7-13(3)16(8-12(11)2)10-17-14(4)9-15-5-6-15/h7-8,14-15,17H,5-6,9-10H2,1-4H3. The Labute approximate surface area is 106 Å².